The third-order valence-corrected chi connectivity index (χ3v) is 7.51. The number of carbonyl (C=O) groups is 1. The maximum absolute atomic E-state index is 11.8. The minimum absolute atomic E-state index is 0.0829. The summed E-state index contributed by atoms with van der Waals surface area (Å²) in [5.74, 6) is 0.214. The molecule has 0 unspecified atom stereocenters. The van der Waals surface area contributed by atoms with Gasteiger partial charge >= 0.3 is 6.09 Å². The van der Waals surface area contributed by atoms with Gasteiger partial charge < -0.3 is 20.4 Å². The molecule has 11 heteroatoms. The van der Waals surface area contributed by atoms with Crippen LogP contribution in [0.4, 0.5) is 16.4 Å². The maximum Gasteiger partial charge on any atom is 0.407 e. The van der Waals surface area contributed by atoms with Crippen LogP contribution in [0.15, 0.2) is 71.8 Å². The summed E-state index contributed by atoms with van der Waals surface area (Å²) < 4.78 is 25.2. The van der Waals surface area contributed by atoms with Crippen molar-refractivity contribution in [2.45, 2.75) is 23.3 Å². The maximum atomic E-state index is 11.8. The van der Waals surface area contributed by atoms with Crippen molar-refractivity contribution < 1.29 is 23.4 Å². The first-order valence-electron chi connectivity index (χ1n) is 11.4. The number of carboxylic acid groups (broad SMARTS) is 1. The Morgan fingerprint density at radius 3 is 2.58 bits per heavy atom. The standard InChI is InChI=1S/C25H25N5O5S/c1-36(34,35)19-9-7-16(8-10-19)21-6-3-12-30-23(21)27-24(28-30)26-18-5-2-4-17(14-18)20-11-13-29(25(32)33)15-22(20)31/h2-10,12,14,20,22,31H,11,13,15H2,1H3,(H,26,28)(H,32,33)/t20-,22-/m1/s1. The Bertz CT molecular complexity index is 1530. The molecule has 2 aromatic heterocycles. The van der Waals surface area contributed by atoms with Gasteiger partial charge in [0.1, 0.15) is 0 Å². The number of anilines is 2. The Balaban J connectivity index is 1.39. The second kappa shape index (κ2) is 9.25. The average molecular weight is 508 g/mol. The Morgan fingerprint density at radius 1 is 1.11 bits per heavy atom. The van der Waals surface area contributed by atoms with Crippen molar-refractivity contribution in [1.82, 2.24) is 19.5 Å². The largest absolute Gasteiger partial charge is 0.465 e. The molecular formula is C25H25N5O5S. The summed E-state index contributed by atoms with van der Waals surface area (Å²) in [5, 5.41) is 27.4. The first kappa shape index (κ1) is 23.8. The van der Waals surface area contributed by atoms with Crippen LogP contribution in [0.5, 0.6) is 0 Å². The lowest BCUT2D eigenvalue weighted by Crippen LogP contribution is -2.45. The summed E-state index contributed by atoms with van der Waals surface area (Å²) in [5.41, 5.74) is 3.89. The molecule has 1 aliphatic heterocycles. The number of hydrogen-bond donors (Lipinski definition) is 3. The fourth-order valence-corrected chi connectivity index (χ4v) is 5.17. The number of pyridine rings is 1. The van der Waals surface area contributed by atoms with E-state index >= 15 is 0 Å². The van der Waals surface area contributed by atoms with Gasteiger partial charge in [-0.3, -0.25) is 0 Å². The van der Waals surface area contributed by atoms with Crippen molar-refractivity contribution in [1.29, 1.82) is 0 Å². The van der Waals surface area contributed by atoms with Crippen LogP contribution in [-0.2, 0) is 9.84 Å². The molecule has 1 fully saturated rings. The number of rotatable bonds is 5. The van der Waals surface area contributed by atoms with E-state index in [9.17, 15) is 23.4 Å². The quantitative estimate of drug-likeness (QED) is 0.374. The van der Waals surface area contributed by atoms with Gasteiger partial charge in [0.2, 0.25) is 5.95 Å². The fraction of sp³-hybridized carbons (Fsp3) is 0.240. The third-order valence-electron chi connectivity index (χ3n) is 6.38. The topological polar surface area (TPSA) is 137 Å². The number of β-amino-alcohol motifs (C(OH)–C–C–N with tert-alkyl or cyclic N) is 1. The van der Waals surface area contributed by atoms with Gasteiger partial charge in [-0.25, -0.2) is 17.7 Å². The van der Waals surface area contributed by atoms with Crippen molar-refractivity contribution in [2.24, 2.45) is 0 Å². The lowest BCUT2D eigenvalue weighted by atomic mass is 9.87. The van der Waals surface area contributed by atoms with Crippen molar-refractivity contribution >= 4 is 33.2 Å². The molecule has 2 atom stereocenters. The number of hydrogen-bond acceptors (Lipinski definition) is 7. The highest BCUT2D eigenvalue weighted by Gasteiger charge is 2.31. The second-order valence-corrected chi connectivity index (χ2v) is 10.9. The molecule has 0 spiro atoms. The monoisotopic (exact) mass is 507 g/mol. The lowest BCUT2D eigenvalue weighted by Gasteiger charge is -2.34. The van der Waals surface area contributed by atoms with Gasteiger partial charge in [-0.15, -0.1) is 5.10 Å². The van der Waals surface area contributed by atoms with E-state index in [1.165, 1.54) is 11.2 Å². The van der Waals surface area contributed by atoms with E-state index in [1.54, 1.807) is 35.0 Å². The van der Waals surface area contributed by atoms with Crippen LogP contribution in [0.3, 0.4) is 0 Å². The molecule has 4 aromatic rings. The SMILES string of the molecule is CS(=O)(=O)c1ccc(-c2cccn3nc(Nc4cccc([C@H]5CCN(C(=O)O)C[C@H]5O)c4)nc23)cc1. The number of amides is 1. The van der Waals surface area contributed by atoms with E-state index in [2.05, 4.69) is 15.4 Å². The van der Waals surface area contributed by atoms with E-state index in [4.69, 9.17) is 0 Å². The second-order valence-electron chi connectivity index (χ2n) is 8.86. The molecule has 1 aliphatic rings. The fourth-order valence-electron chi connectivity index (χ4n) is 4.54. The third kappa shape index (κ3) is 4.75. The first-order valence-corrected chi connectivity index (χ1v) is 13.3. The van der Waals surface area contributed by atoms with Gasteiger partial charge in [-0.2, -0.15) is 4.98 Å². The number of benzene rings is 2. The smallest absolute Gasteiger partial charge is 0.407 e. The van der Waals surface area contributed by atoms with Crippen LogP contribution in [0.25, 0.3) is 16.8 Å². The van der Waals surface area contributed by atoms with Crippen LogP contribution < -0.4 is 5.32 Å². The zero-order chi connectivity index (χ0) is 25.4. The zero-order valence-electron chi connectivity index (χ0n) is 19.4. The van der Waals surface area contributed by atoms with Crippen molar-refractivity contribution in [3.63, 3.8) is 0 Å². The van der Waals surface area contributed by atoms with Crippen LogP contribution in [-0.4, -0.2) is 69.7 Å². The van der Waals surface area contributed by atoms with Gasteiger partial charge in [0, 0.05) is 36.2 Å². The van der Waals surface area contributed by atoms with Crippen LogP contribution in [0.1, 0.15) is 17.9 Å². The zero-order valence-corrected chi connectivity index (χ0v) is 20.3. The van der Waals surface area contributed by atoms with Crippen molar-refractivity contribution in [2.75, 3.05) is 24.7 Å². The van der Waals surface area contributed by atoms with Gasteiger partial charge in [0.15, 0.2) is 15.5 Å². The molecule has 186 valence electrons. The number of aliphatic hydroxyl groups is 1. The number of sulfone groups is 1. The molecule has 1 saturated heterocycles. The molecule has 0 aliphatic carbocycles. The van der Waals surface area contributed by atoms with Gasteiger partial charge in [0.05, 0.1) is 17.5 Å². The van der Waals surface area contributed by atoms with Gasteiger partial charge in [0.25, 0.3) is 0 Å². The Morgan fingerprint density at radius 2 is 1.89 bits per heavy atom. The molecule has 2 aromatic carbocycles. The molecular weight excluding hydrogens is 482 g/mol. The lowest BCUT2D eigenvalue weighted by molar-refractivity contribution is 0.0504. The Hall–Kier alpha value is -3.96. The molecule has 3 heterocycles. The van der Waals surface area contributed by atoms with Crippen LogP contribution >= 0.6 is 0 Å². The molecule has 10 nitrogen and oxygen atoms in total. The minimum Gasteiger partial charge on any atom is -0.465 e. The number of aliphatic hydroxyl groups excluding tert-OH is 1. The van der Waals surface area contributed by atoms with Crippen LogP contribution in [0.2, 0.25) is 0 Å². The predicted molar refractivity (Wildman–Crippen MR) is 134 cm³/mol. The number of nitrogens with zero attached hydrogens (tertiary/aromatic N) is 4. The minimum atomic E-state index is -3.28. The summed E-state index contributed by atoms with van der Waals surface area (Å²) in [6.45, 7) is 0.455. The highest BCUT2D eigenvalue weighted by Crippen LogP contribution is 2.31. The highest BCUT2D eigenvalue weighted by molar-refractivity contribution is 7.90. The highest BCUT2D eigenvalue weighted by atomic mass is 32.2. The summed E-state index contributed by atoms with van der Waals surface area (Å²) in [6, 6.07) is 18.0. The first-order chi connectivity index (χ1) is 17.2. The number of aromatic nitrogens is 3. The molecule has 5 rings (SSSR count). The van der Waals surface area contributed by atoms with Gasteiger partial charge in [-0.05, 0) is 53.9 Å². The van der Waals surface area contributed by atoms with E-state index in [0.717, 1.165) is 22.4 Å². The van der Waals surface area contributed by atoms with E-state index < -0.39 is 22.0 Å². The van der Waals surface area contributed by atoms with E-state index in [0.29, 0.717) is 24.6 Å². The average Bonchev–Trinajstić information content (AvgIpc) is 3.26. The molecule has 36 heavy (non-hydrogen) atoms. The normalized spacial score (nSPS) is 18.3. The van der Waals surface area contributed by atoms with E-state index in [1.807, 2.05) is 36.4 Å². The number of likely N-dealkylation sites (tertiary alicyclic amines) is 1. The molecule has 1 amide bonds. The molecule has 0 bridgehead atoms. The van der Waals surface area contributed by atoms with Crippen molar-refractivity contribution in [3.05, 3.63) is 72.4 Å². The Labute approximate surface area is 207 Å². The number of fused-ring (bicyclic) bond motifs is 1. The summed E-state index contributed by atoms with van der Waals surface area (Å²) >= 11 is 0. The predicted octanol–water partition coefficient (Wildman–Crippen LogP) is 3.37. The van der Waals surface area contributed by atoms with Crippen molar-refractivity contribution in [3.8, 4) is 11.1 Å². The van der Waals surface area contributed by atoms with E-state index in [-0.39, 0.29) is 17.4 Å². The Kier molecular flexibility index (Phi) is 6.10. The summed E-state index contributed by atoms with van der Waals surface area (Å²) in [4.78, 5) is 17.3. The summed E-state index contributed by atoms with van der Waals surface area (Å²) in [6.07, 6.45) is 1.69. The van der Waals surface area contributed by atoms with Gasteiger partial charge in [-0.1, -0.05) is 24.3 Å². The van der Waals surface area contributed by atoms with Crippen LogP contribution in [0, 0.1) is 0 Å². The molecule has 3 N–H and O–H groups in total. The molecule has 0 radical (unpaired) electrons. The summed E-state index contributed by atoms with van der Waals surface area (Å²) in [7, 11) is -3.28. The number of piperidine rings is 1. The number of nitrogens with one attached hydrogen (secondary N) is 1. The molecule has 0 saturated carbocycles.